The lowest BCUT2D eigenvalue weighted by Crippen LogP contribution is -2.32. The summed E-state index contributed by atoms with van der Waals surface area (Å²) in [4.78, 5) is 12.4. The molecule has 9 heteroatoms. The van der Waals surface area contributed by atoms with E-state index in [2.05, 4.69) is 15.0 Å². The van der Waals surface area contributed by atoms with Crippen molar-refractivity contribution in [2.45, 2.75) is 24.8 Å². The zero-order valence-corrected chi connectivity index (χ0v) is 10.9. The van der Waals surface area contributed by atoms with Gasteiger partial charge < -0.3 is 26.0 Å². The van der Waals surface area contributed by atoms with Gasteiger partial charge in [0.1, 0.15) is 6.23 Å². The molecule has 1 saturated heterocycles. The Morgan fingerprint density at radius 3 is 3.00 bits per heavy atom. The molecule has 2 aromatic rings. The lowest BCUT2D eigenvalue weighted by atomic mass is 10.1. The fraction of sp³-hybridized carbons (Fsp3) is 0.545. The first-order valence-corrected chi connectivity index (χ1v) is 6.20. The summed E-state index contributed by atoms with van der Waals surface area (Å²) in [5, 5.41) is 9.20. The molecule has 0 aliphatic carbocycles. The Balaban J connectivity index is 2.03. The molecule has 0 saturated carbocycles. The van der Waals surface area contributed by atoms with Crippen LogP contribution in [-0.4, -0.2) is 50.5 Å². The number of rotatable bonds is 3. The predicted molar refractivity (Wildman–Crippen MR) is 69.9 cm³/mol. The van der Waals surface area contributed by atoms with Gasteiger partial charge in [0.15, 0.2) is 11.2 Å². The van der Waals surface area contributed by atoms with E-state index in [0.29, 0.717) is 23.5 Å². The molecule has 0 amide bonds. The van der Waals surface area contributed by atoms with Gasteiger partial charge in [-0.15, -0.1) is 0 Å². The highest BCUT2D eigenvalue weighted by molar-refractivity contribution is 5.77. The Hall–Kier alpha value is -1.97. The second-order valence-corrected chi connectivity index (χ2v) is 4.63. The van der Waals surface area contributed by atoms with Crippen LogP contribution in [0.15, 0.2) is 6.33 Å². The normalized spacial score (nSPS) is 26.2. The quantitative estimate of drug-likeness (QED) is 0.653. The van der Waals surface area contributed by atoms with Crippen molar-refractivity contribution in [3.8, 4) is 5.88 Å². The number of aliphatic hydroxyl groups excluding tert-OH is 1. The number of nitrogen functional groups attached to an aromatic ring is 1. The maximum absolute atomic E-state index is 9.20. The summed E-state index contributed by atoms with van der Waals surface area (Å²) in [5.41, 5.74) is 12.6. The smallest absolute Gasteiger partial charge is 0.246 e. The Morgan fingerprint density at radius 1 is 1.55 bits per heavy atom. The average molecular weight is 280 g/mol. The maximum atomic E-state index is 9.20. The molecule has 3 heterocycles. The van der Waals surface area contributed by atoms with E-state index in [0.717, 1.165) is 0 Å². The van der Waals surface area contributed by atoms with Crippen LogP contribution in [0.1, 0.15) is 12.6 Å². The van der Waals surface area contributed by atoms with Crippen LogP contribution in [0.5, 0.6) is 5.88 Å². The van der Waals surface area contributed by atoms with Crippen molar-refractivity contribution in [1.82, 2.24) is 19.5 Å². The van der Waals surface area contributed by atoms with Gasteiger partial charge in [0.2, 0.25) is 11.8 Å². The fourth-order valence-corrected chi connectivity index (χ4v) is 2.36. The van der Waals surface area contributed by atoms with Crippen molar-refractivity contribution in [2.75, 3.05) is 19.5 Å². The summed E-state index contributed by atoms with van der Waals surface area (Å²) in [6, 6.07) is -0.233. The zero-order chi connectivity index (χ0) is 14.3. The van der Waals surface area contributed by atoms with E-state index in [9.17, 15) is 5.11 Å². The third kappa shape index (κ3) is 1.96. The lowest BCUT2D eigenvalue weighted by Gasteiger charge is -2.14. The van der Waals surface area contributed by atoms with Crippen LogP contribution < -0.4 is 16.2 Å². The minimum absolute atomic E-state index is 0.0945. The van der Waals surface area contributed by atoms with Gasteiger partial charge in [0, 0.05) is 12.5 Å². The van der Waals surface area contributed by atoms with Crippen LogP contribution >= 0.6 is 0 Å². The molecule has 0 radical (unpaired) electrons. The summed E-state index contributed by atoms with van der Waals surface area (Å²) in [7, 11) is 1.49. The third-order valence-electron chi connectivity index (χ3n) is 3.37. The van der Waals surface area contributed by atoms with Gasteiger partial charge in [0.25, 0.3) is 0 Å². The Labute approximate surface area is 114 Å². The summed E-state index contributed by atoms with van der Waals surface area (Å²) in [5.74, 6) is 0.407. The zero-order valence-electron chi connectivity index (χ0n) is 10.9. The first-order valence-electron chi connectivity index (χ1n) is 6.20. The molecule has 20 heavy (non-hydrogen) atoms. The number of nitrogens with two attached hydrogens (primary N) is 2. The molecule has 0 bridgehead atoms. The molecule has 3 unspecified atom stereocenters. The van der Waals surface area contributed by atoms with E-state index in [1.165, 1.54) is 7.11 Å². The number of anilines is 1. The molecule has 3 rings (SSSR count). The van der Waals surface area contributed by atoms with E-state index in [-0.39, 0.29) is 24.8 Å². The molecule has 1 fully saturated rings. The van der Waals surface area contributed by atoms with Gasteiger partial charge in [-0.1, -0.05) is 0 Å². The summed E-state index contributed by atoms with van der Waals surface area (Å²) in [6.45, 7) is -0.120. The lowest BCUT2D eigenvalue weighted by molar-refractivity contribution is -0.0233. The number of aromatic nitrogens is 4. The third-order valence-corrected chi connectivity index (χ3v) is 3.37. The number of imidazole rings is 1. The predicted octanol–water partition coefficient (Wildman–Crippen LogP) is -0.976. The summed E-state index contributed by atoms with van der Waals surface area (Å²) in [6.07, 6.45) is 1.41. The number of hydrogen-bond donors (Lipinski definition) is 3. The molecule has 3 atom stereocenters. The second kappa shape index (κ2) is 4.85. The molecule has 9 nitrogen and oxygen atoms in total. The number of nitrogens with zero attached hydrogens (tertiary/aromatic N) is 4. The fourth-order valence-electron chi connectivity index (χ4n) is 2.36. The van der Waals surface area contributed by atoms with Crippen LogP contribution in [0.3, 0.4) is 0 Å². The van der Waals surface area contributed by atoms with Gasteiger partial charge in [0.05, 0.1) is 26.1 Å². The van der Waals surface area contributed by atoms with Crippen molar-refractivity contribution in [1.29, 1.82) is 0 Å². The van der Waals surface area contributed by atoms with Gasteiger partial charge in [-0.3, -0.25) is 4.57 Å². The number of fused-ring (bicyclic) bond motifs is 1. The van der Waals surface area contributed by atoms with Crippen molar-refractivity contribution < 1.29 is 14.6 Å². The van der Waals surface area contributed by atoms with Gasteiger partial charge >= 0.3 is 0 Å². The van der Waals surface area contributed by atoms with Gasteiger partial charge in [-0.25, -0.2) is 4.98 Å². The van der Waals surface area contributed by atoms with Crippen LogP contribution in [0, 0.1) is 0 Å². The monoisotopic (exact) mass is 280 g/mol. The summed E-state index contributed by atoms with van der Waals surface area (Å²) >= 11 is 0. The van der Waals surface area contributed by atoms with Crippen molar-refractivity contribution in [2.24, 2.45) is 5.73 Å². The van der Waals surface area contributed by atoms with E-state index >= 15 is 0 Å². The number of aliphatic hydroxyl groups is 1. The molecule has 0 spiro atoms. The Kier molecular flexibility index (Phi) is 3.16. The largest absolute Gasteiger partial charge is 0.479 e. The average Bonchev–Trinajstić information content (AvgIpc) is 3.00. The summed E-state index contributed by atoms with van der Waals surface area (Å²) < 4.78 is 12.6. The van der Waals surface area contributed by atoms with E-state index in [1.807, 2.05) is 0 Å². The first kappa shape index (κ1) is 13.0. The molecule has 5 N–H and O–H groups in total. The van der Waals surface area contributed by atoms with Gasteiger partial charge in [-0.2, -0.15) is 9.97 Å². The van der Waals surface area contributed by atoms with E-state index < -0.39 is 6.10 Å². The van der Waals surface area contributed by atoms with Crippen LogP contribution in [0.4, 0.5) is 5.95 Å². The number of ether oxygens (including phenoxy) is 2. The molecule has 0 aromatic carbocycles. The van der Waals surface area contributed by atoms with E-state index in [4.69, 9.17) is 20.9 Å². The Bertz CT molecular complexity index is 630. The minimum atomic E-state index is -0.390. The van der Waals surface area contributed by atoms with Crippen LogP contribution in [-0.2, 0) is 4.74 Å². The highest BCUT2D eigenvalue weighted by atomic mass is 16.5. The first-order chi connectivity index (χ1) is 9.63. The van der Waals surface area contributed by atoms with Gasteiger partial charge in [-0.05, 0) is 0 Å². The van der Waals surface area contributed by atoms with Crippen molar-refractivity contribution in [3.05, 3.63) is 6.33 Å². The second-order valence-electron chi connectivity index (χ2n) is 4.63. The topological polar surface area (TPSA) is 134 Å². The highest BCUT2D eigenvalue weighted by Crippen LogP contribution is 2.31. The highest BCUT2D eigenvalue weighted by Gasteiger charge is 2.34. The number of hydrogen-bond acceptors (Lipinski definition) is 8. The molecular weight excluding hydrogens is 264 g/mol. The SMILES string of the molecule is COc1nc(N)nc2c1ncn2C1CC(N)C(CO)O1. The Morgan fingerprint density at radius 2 is 2.35 bits per heavy atom. The number of methoxy groups -OCH3 is 1. The molecular formula is C11H16N6O3. The van der Waals surface area contributed by atoms with Crippen molar-refractivity contribution >= 4 is 17.1 Å². The molecule has 1 aliphatic rings. The molecule has 2 aromatic heterocycles. The van der Waals surface area contributed by atoms with Crippen molar-refractivity contribution in [3.63, 3.8) is 0 Å². The maximum Gasteiger partial charge on any atom is 0.246 e. The minimum Gasteiger partial charge on any atom is -0.479 e. The van der Waals surface area contributed by atoms with Crippen LogP contribution in [0.2, 0.25) is 0 Å². The standard InChI is InChI=1S/C11H16N6O3/c1-19-10-8-9(15-11(13)16-10)17(4-14-8)7-2-5(12)6(3-18)20-7/h4-7,18H,2-3,12H2,1H3,(H2,13,15,16). The molecule has 108 valence electrons. The van der Waals surface area contributed by atoms with E-state index in [1.54, 1.807) is 10.9 Å². The van der Waals surface area contributed by atoms with Crippen LogP contribution in [0.25, 0.3) is 11.2 Å². The molecule has 1 aliphatic heterocycles.